The summed E-state index contributed by atoms with van der Waals surface area (Å²) in [5, 5.41) is 14.7. The standard InChI is InChI=1S/C35H49NO4/c1-25(2)10-7-11-26(3)12-8-13-27(4)15-17-30(35-29-14-9-23-40-32(29)20-18-31(35)37)36-22-21-28-16-19-33(38-5)34(24-28)39-6/h10,12,15-16,18-20,24,30,36-37H,7-9,11,13-14,17,21-23H2,1-6H3/t30-/m1/s1. The molecule has 1 aliphatic rings. The molecule has 0 amide bonds. The van der Waals surface area contributed by atoms with Gasteiger partial charge in [0.2, 0.25) is 0 Å². The molecular formula is C35H49NO4. The van der Waals surface area contributed by atoms with Gasteiger partial charge in [-0.1, -0.05) is 41.0 Å². The first-order valence-corrected chi connectivity index (χ1v) is 14.7. The van der Waals surface area contributed by atoms with Crippen molar-refractivity contribution in [2.75, 3.05) is 27.4 Å². The largest absolute Gasteiger partial charge is 0.508 e. The van der Waals surface area contributed by atoms with Crippen LogP contribution in [0.4, 0.5) is 0 Å². The third-order valence-electron chi connectivity index (χ3n) is 7.55. The second kappa shape index (κ2) is 16.2. The van der Waals surface area contributed by atoms with E-state index in [0.717, 1.165) is 92.9 Å². The van der Waals surface area contributed by atoms with E-state index < -0.39 is 0 Å². The van der Waals surface area contributed by atoms with Crippen LogP contribution >= 0.6 is 0 Å². The molecule has 218 valence electrons. The molecule has 1 atom stereocenters. The van der Waals surface area contributed by atoms with Gasteiger partial charge >= 0.3 is 0 Å². The Morgan fingerprint density at radius 3 is 2.40 bits per heavy atom. The van der Waals surface area contributed by atoms with Gasteiger partial charge in [-0.15, -0.1) is 0 Å². The highest BCUT2D eigenvalue weighted by Gasteiger charge is 2.23. The molecule has 0 unspecified atom stereocenters. The maximum atomic E-state index is 11.0. The minimum absolute atomic E-state index is 0.00640. The number of hydrogen-bond acceptors (Lipinski definition) is 5. The summed E-state index contributed by atoms with van der Waals surface area (Å²) in [5.41, 5.74) is 7.50. The topological polar surface area (TPSA) is 60.0 Å². The van der Waals surface area contributed by atoms with Crippen LogP contribution in [0.3, 0.4) is 0 Å². The normalized spacial score (nSPS) is 14.2. The van der Waals surface area contributed by atoms with Gasteiger partial charge in [0.15, 0.2) is 11.5 Å². The summed E-state index contributed by atoms with van der Waals surface area (Å²) in [6, 6.07) is 9.74. The Hall–Kier alpha value is -3.18. The third-order valence-corrected chi connectivity index (χ3v) is 7.55. The van der Waals surface area contributed by atoms with E-state index in [9.17, 15) is 5.11 Å². The van der Waals surface area contributed by atoms with Crippen molar-refractivity contribution in [1.29, 1.82) is 0 Å². The van der Waals surface area contributed by atoms with Crippen LogP contribution in [0.25, 0.3) is 0 Å². The fourth-order valence-corrected chi connectivity index (χ4v) is 5.23. The van der Waals surface area contributed by atoms with E-state index in [1.165, 1.54) is 22.3 Å². The van der Waals surface area contributed by atoms with E-state index in [0.29, 0.717) is 5.75 Å². The van der Waals surface area contributed by atoms with Crippen LogP contribution in [-0.4, -0.2) is 32.5 Å². The highest BCUT2D eigenvalue weighted by molar-refractivity contribution is 5.51. The predicted molar refractivity (Wildman–Crippen MR) is 166 cm³/mol. The fraction of sp³-hybridized carbons (Fsp3) is 0.486. The van der Waals surface area contributed by atoms with E-state index in [-0.39, 0.29) is 6.04 Å². The van der Waals surface area contributed by atoms with Gasteiger partial charge in [-0.25, -0.2) is 0 Å². The van der Waals surface area contributed by atoms with Crippen LogP contribution in [0.5, 0.6) is 23.0 Å². The van der Waals surface area contributed by atoms with Crippen molar-refractivity contribution in [3.8, 4) is 23.0 Å². The quantitative estimate of drug-likeness (QED) is 0.219. The van der Waals surface area contributed by atoms with Crippen LogP contribution in [0, 0.1) is 0 Å². The van der Waals surface area contributed by atoms with Crippen molar-refractivity contribution < 1.29 is 19.3 Å². The number of hydrogen-bond donors (Lipinski definition) is 2. The van der Waals surface area contributed by atoms with Gasteiger partial charge in [0.05, 0.1) is 20.8 Å². The van der Waals surface area contributed by atoms with Gasteiger partial charge in [-0.3, -0.25) is 0 Å². The number of benzene rings is 2. The summed E-state index contributed by atoms with van der Waals surface area (Å²) in [5.74, 6) is 2.72. The summed E-state index contributed by atoms with van der Waals surface area (Å²) in [6.07, 6.45) is 14.9. The van der Waals surface area contributed by atoms with Gasteiger partial charge in [0.25, 0.3) is 0 Å². The molecule has 1 aliphatic heterocycles. The van der Waals surface area contributed by atoms with Crippen LogP contribution in [0.1, 0.15) is 89.0 Å². The first-order chi connectivity index (χ1) is 19.3. The molecule has 40 heavy (non-hydrogen) atoms. The molecule has 5 heteroatoms. The molecule has 0 saturated heterocycles. The maximum Gasteiger partial charge on any atom is 0.160 e. The van der Waals surface area contributed by atoms with Crippen molar-refractivity contribution in [2.24, 2.45) is 0 Å². The summed E-state index contributed by atoms with van der Waals surface area (Å²) in [7, 11) is 3.31. The highest BCUT2D eigenvalue weighted by atomic mass is 16.5. The lowest BCUT2D eigenvalue weighted by Gasteiger charge is -2.26. The highest BCUT2D eigenvalue weighted by Crippen LogP contribution is 2.39. The van der Waals surface area contributed by atoms with E-state index >= 15 is 0 Å². The smallest absolute Gasteiger partial charge is 0.160 e. The van der Waals surface area contributed by atoms with Crippen LogP contribution in [-0.2, 0) is 12.8 Å². The van der Waals surface area contributed by atoms with Gasteiger partial charge in [-0.2, -0.15) is 0 Å². The average molecular weight is 548 g/mol. The molecule has 2 aromatic rings. The van der Waals surface area contributed by atoms with Crippen molar-refractivity contribution in [3.05, 3.63) is 82.0 Å². The Balaban J connectivity index is 1.70. The van der Waals surface area contributed by atoms with E-state index in [4.69, 9.17) is 14.2 Å². The second-order valence-corrected chi connectivity index (χ2v) is 11.1. The van der Waals surface area contributed by atoms with E-state index in [1.54, 1.807) is 20.3 Å². The Labute approximate surface area is 241 Å². The average Bonchev–Trinajstić information content (AvgIpc) is 2.94. The molecule has 3 rings (SSSR count). The Bertz CT molecular complexity index is 1190. The van der Waals surface area contributed by atoms with Crippen molar-refractivity contribution in [3.63, 3.8) is 0 Å². The Morgan fingerprint density at radius 1 is 0.950 bits per heavy atom. The number of methoxy groups -OCH3 is 2. The Morgan fingerprint density at radius 2 is 1.68 bits per heavy atom. The molecule has 0 radical (unpaired) electrons. The molecule has 0 fully saturated rings. The van der Waals surface area contributed by atoms with Gasteiger partial charge in [0, 0.05) is 17.2 Å². The fourth-order valence-electron chi connectivity index (χ4n) is 5.23. The zero-order valence-electron chi connectivity index (χ0n) is 25.4. The number of nitrogens with one attached hydrogen (secondary N) is 1. The monoisotopic (exact) mass is 547 g/mol. The number of ether oxygens (including phenoxy) is 3. The number of phenols is 1. The predicted octanol–water partition coefficient (Wildman–Crippen LogP) is 8.42. The van der Waals surface area contributed by atoms with Crippen LogP contribution in [0.2, 0.25) is 0 Å². The lowest BCUT2D eigenvalue weighted by molar-refractivity contribution is 0.285. The SMILES string of the molecule is COc1ccc(CCN[C@H](CC=C(C)CCC=C(C)CCC=C(C)C)c2c(O)ccc3c2CCCO3)cc1OC. The summed E-state index contributed by atoms with van der Waals surface area (Å²) >= 11 is 0. The van der Waals surface area contributed by atoms with Crippen molar-refractivity contribution in [2.45, 2.75) is 85.1 Å². The number of fused-ring (bicyclic) bond motifs is 1. The molecule has 2 aromatic carbocycles. The van der Waals surface area contributed by atoms with Crippen LogP contribution in [0.15, 0.2) is 65.3 Å². The molecule has 0 saturated carbocycles. The lowest BCUT2D eigenvalue weighted by atomic mass is 9.91. The number of allylic oxidation sites excluding steroid dienone is 5. The minimum Gasteiger partial charge on any atom is -0.508 e. The van der Waals surface area contributed by atoms with Crippen molar-refractivity contribution >= 4 is 0 Å². The van der Waals surface area contributed by atoms with Gasteiger partial charge in [-0.05, 0) is 115 Å². The number of aromatic hydroxyl groups is 1. The van der Waals surface area contributed by atoms with Crippen molar-refractivity contribution in [1.82, 2.24) is 5.32 Å². The first-order valence-electron chi connectivity index (χ1n) is 14.7. The molecule has 2 N–H and O–H groups in total. The molecule has 0 spiro atoms. The van der Waals surface area contributed by atoms with E-state index in [2.05, 4.69) is 57.3 Å². The molecule has 1 heterocycles. The lowest BCUT2D eigenvalue weighted by Crippen LogP contribution is -2.25. The maximum absolute atomic E-state index is 11.0. The second-order valence-electron chi connectivity index (χ2n) is 11.1. The Kier molecular flexibility index (Phi) is 12.7. The number of rotatable bonds is 15. The molecule has 0 aliphatic carbocycles. The molecule has 0 aromatic heterocycles. The summed E-state index contributed by atoms with van der Waals surface area (Å²) in [4.78, 5) is 0. The molecular weight excluding hydrogens is 498 g/mol. The zero-order valence-corrected chi connectivity index (χ0v) is 25.4. The van der Waals surface area contributed by atoms with E-state index in [1.807, 2.05) is 18.2 Å². The summed E-state index contributed by atoms with van der Waals surface area (Å²) < 4.78 is 16.8. The minimum atomic E-state index is -0.00640. The molecule has 5 nitrogen and oxygen atoms in total. The van der Waals surface area contributed by atoms with Gasteiger partial charge < -0.3 is 24.6 Å². The summed E-state index contributed by atoms with van der Waals surface area (Å²) in [6.45, 7) is 10.3. The zero-order chi connectivity index (χ0) is 28.9. The first kappa shape index (κ1) is 31.3. The number of phenolic OH excluding ortho intramolecular Hbond substituents is 1. The third kappa shape index (κ3) is 9.48. The van der Waals surface area contributed by atoms with Gasteiger partial charge in [0.1, 0.15) is 11.5 Å². The van der Waals surface area contributed by atoms with Crippen LogP contribution < -0.4 is 19.5 Å². The molecule has 0 bridgehead atoms.